The fourth-order valence-electron chi connectivity index (χ4n) is 4.04. The number of carbonyl (C=O) groups is 3. The summed E-state index contributed by atoms with van der Waals surface area (Å²) in [5.74, 6) is -1.09. The van der Waals surface area contributed by atoms with E-state index in [1.54, 1.807) is 6.08 Å². The minimum atomic E-state index is -0.801. The first-order chi connectivity index (χ1) is 21.0. The fourth-order valence-corrected chi connectivity index (χ4v) is 4.04. The SMILES string of the molecule is CC/C=C\C/C=C\C/C=C\C/C=C\C/C=C\CC(=O)OCC(COC(=O)CCCCCCC)OC(=O)CCCCCCC. The molecular formula is C37H60O6. The second-order valence-electron chi connectivity index (χ2n) is 10.7. The van der Waals surface area contributed by atoms with Crippen molar-refractivity contribution < 1.29 is 28.6 Å². The van der Waals surface area contributed by atoms with Gasteiger partial charge in [-0.2, -0.15) is 0 Å². The Morgan fingerprint density at radius 1 is 0.488 bits per heavy atom. The summed E-state index contributed by atoms with van der Waals surface area (Å²) in [5, 5.41) is 0. The van der Waals surface area contributed by atoms with E-state index in [0.29, 0.717) is 12.8 Å². The van der Waals surface area contributed by atoms with Gasteiger partial charge in [-0.3, -0.25) is 14.4 Å². The molecule has 0 aromatic heterocycles. The van der Waals surface area contributed by atoms with E-state index >= 15 is 0 Å². The Kier molecular flexibility index (Phi) is 29.9. The molecule has 0 amide bonds. The molecule has 1 unspecified atom stereocenters. The maximum atomic E-state index is 12.3. The van der Waals surface area contributed by atoms with Gasteiger partial charge in [-0.25, -0.2) is 0 Å². The summed E-state index contributed by atoms with van der Waals surface area (Å²) in [6, 6.07) is 0. The van der Waals surface area contributed by atoms with Crippen LogP contribution < -0.4 is 0 Å². The highest BCUT2D eigenvalue weighted by Gasteiger charge is 2.19. The largest absolute Gasteiger partial charge is 0.462 e. The Balaban J connectivity index is 4.40. The van der Waals surface area contributed by atoms with E-state index in [4.69, 9.17) is 14.2 Å². The van der Waals surface area contributed by atoms with Crippen LogP contribution in [0, 0.1) is 0 Å². The summed E-state index contributed by atoms with van der Waals surface area (Å²) in [6.45, 7) is 6.20. The molecule has 0 radical (unpaired) electrons. The molecule has 0 aliphatic carbocycles. The Hall–Kier alpha value is -2.89. The van der Waals surface area contributed by atoms with E-state index in [1.165, 1.54) is 0 Å². The first kappa shape index (κ1) is 40.1. The number of esters is 3. The molecule has 244 valence electrons. The molecule has 0 aromatic carbocycles. The van der Waals surface area contributed by atoms with Crippen LogP contribution in [-0.4, -0.2) is 37.2 Å². The molecule has 0 fully saturated rings. The topological polar surface area (TPSA) is 78.9 Å². The molecule has 6 heteroatoms. The van der Waals surface area contributed by atoms with Crippen molar-refractivity contribution in [3.05, 3.63) is 60.8 Å². The van der Waals surface area contributed by atoms with Crippen LogP contribution in [0.2, 0.25) is 0 Å². The van der Waals surface area contributed by atoms with Crippen LogP contribution in [0.4, 0.5) is 0 Å². The number of unbranched alkanes of at least 4 members (excludes halogenated alkanes) is 8. The van der Waals surface area contributed by atoms with Gasteiger partial charge in [0.25, 0.3) is 0 Å². The number of ether oxygens (including phenoxy) is 3. The van der Waals surface area contributed by atoms with Crippen LogP contribution in [0.25, 0.3) is 0 Å². The second kappa shape index (κ2) is 32.0. The van der Waals surface area contributed by atoms with Gasteiger partial charge in [0, 0.05) is 12.8 Å². The first-order valence-corrected chi connectivity index (χ1v) is 16.8. The van der Waals surface area contributed by atoms with Gasteiger partial charge in [0.2, 0.25) is 0 Å². The monoisotopic (exact) mass is 600 g/mol. The molecule has 0 aliphatic rings. The summed E-state index contributed by atoms with van der Waals surface area (Å²) in [4.78, 5) is 36.7. The van der Waals surface area contributed by atoms with Crippen molar-refractivity contribution >= 4 is 17.9 Å². The van der Waals surface area contributed by atoms with Gasteiger partial charge >= 0.3 is 17.9 Å². The van der Waals surface area contributed by atoms with E-state index in [2.05, 4.69) is 69.4 Å². The first-order valence-electron chi connectivity index (χ1n) is 16.8. The normalized spacial score (nSPS) is 12.7. The maximum absolute atomic E-state index is 12.3. The lowest BCUT2D eigenvalue weighted by molar-refractivity contribution is -0.166. The quantitative estimate of drug-likeness (QED) is 0.0385. The van der Waals surface area contributed by atoms with Gasteiger partial charge in [0.1, 0.15) is 13.2 Å². The molecule has 0 aromatic rings. The lowest BCUT2D eigenvalue weighted by atomic mass is 10.1. The molecule has 0 N–H and O–H groups in total. The standard InChI is InChI=1S/C37H60O6/c1-4-7-10-13-14-15-16-17-18-19-20-21-22-25-27-30-36(39)42-33-34(43-37(40)31-28-24-12-9-6-3)32-41-35(38)29-26-23-11-8-5-2/h7,10,14-15,17-18,20-21,25,27,34H,4-6,8-9,11-13,16,19,22-24,26,28-33H2,1-3H3/b10-7-,15-14-,18-17-,21-20-,27-25-. The van der Waals surface area contributed by atoms with E-state index in [9.17, 15) is 14.4 Å². The van der Waals surface area contributed by atoms with Gasteiger partial charge < -0.3 is 14.2 Å². The molecule has 1 atom stereocenters. The summed E-state index contributed by atoms with van der Waals surface area (Å²) in [7, 11) is 0. The highest BCUT2D eigenvalue weighted by atomic mass is 16.6. The number of rotatable bonds is 28. The molecule has 43 heavy (non-hydrogen) atoms. The van der Waals surface area contributed by atoms with Crippen LogP contribution in [0.1, 0.15) is 136 Å². The van der Waals surface area contributed by atoms with Crippen molar-refractivity contribution in [2.75, 3.05) is 13.2 Å². The summed E-state index contributed by atoms with van der Waals surface area (Å²) in [5.41, 5.74) is 0. The molecule has 0 bridgehead atoms. The van der Waals surface area contributed by atoms with Gasteiger partial charge in [-0.15, -0.1) is 0 Å². The highest BCUT2D eigenvalue weighted by Crippen LogP contribution is 2.09. The summed E-state index contributed by atoms with van der Waals surface area (Å²) >= 11 is 0. The molecule has 0 spiro atoms. The maximum Gasteiger partial charge on any atom is 0.309 e. The molecule has 0 saturated carbocycles. The minimum Gasteiger partial charge on any atom is -0.462 e. The molecule has 0 saturated heterocycles. The zero-order chi connectivity index (χ0) is 31.6. The zero-order valence-corrected chi connectivity index (χ0v) is 27.4. The molecular weight excluding hydrogens is 540 g/mol. The van der Waals surface area contributed by atoms with E-state index in [-0.39, 0.29) is 31.6 Å². The third kappa shape index (κ3) is 30.4. The van der Waals surface area contributed by atoms with Gasteiger partial charge in [-0.1, -0.05) is 133 Å². The highest BCUT2D eigenvalue weighted by molar-refractivity contribution is 5.72. The molecule has 0 rings (SSSR count). The number of hydrogen-bond donors (Lipinski definition) is 0. The zero-order valence-electron chi connectivity index (χ0n) is 27.4. The summed E-state index contributed by atoms with van der Waals surface area (Å²) in [6.07, 6.45) is 35.8. The van der Waals surface area contributed by atoms with Crippen LogP contribution in [0.3, 0.4) is 0 Å². The lowest BCUT2D eigenvalue weighted by Crippen LogP contribution is -2.30. The lowest BCUT2D eigenvalue weighted by Gasteiger charge is -2.18. The van der Waals surface area contributed by atoms with Crippen molar-refractivity contribution in [1.82, 2.24) is 0 Å². The van der Waals surface area contributed by atoms with Gasteiger partial charge in [0.15, 0.2) is 6.10 Å². The predicted octanol–water partition coefficient (Wildman–Crippen LogP) is 9.85. The van der Waals surface area contributed by atoms with Crippen LogP contribution in [-0.2, 0) is 28.6 Å². The Morgan fingerprint density at radius 2 is 0.907 bits per heavy atom. The van der Waals surface area contributed by atoms with Gasteiger partial charge in [-0.05, 0) is 44.9 Å². The van der Waals surface area contributed by atoms with Crippen molar-refractivity contribution in [2.24, 2.45) is 0 Å². The van der Waals surface area contributed by atoms with Gasteiger partial charge in [0.05, 0.1) is 6.42 Å². The second-order valence-corrected chi connectivity index (χ2v) is 10.7. The van der Waals surface area contributed by atoms with E-state index in [0.717, 1.165) is 96.3 Å². The summed E-state index contributed by atoms with van der Waals surface area (Å²) < 4.78 is 16.2. The third-order valence-corrected chi connectivity index (χ3v) is 6.57. The smallest absolute Gasteiger partial charge is 0.309 e. The third-order valence-electron chi connectivity index (χ3n) is 6.57. The number of carbonyl (C=O) groups excluding carboxylic acids is 3. The molecule has 0 heterocycles. The van der Waals surface area contributed by atoms with Crippen molar-refractivity contribution in [3.63, 3.8) is 0 Å². The Labute approximate surface area is 262 Å². The van der Waals surface area contributed by atoms with Crippen molar-refractivity contribution in [3.8, 4) is 0 Å². The average molecular weight is 601 g/mol. The van der Waals surface area contributed by atoms with Crippen LogP contribution in [0.15, 0.2) is 60.8 Å². The molecule has 0 aliphatic heterocycles. The average Bonchev–Trinajstić information content (AvgIpc) is 3.00. The minimum absolute atomic E-state index is 0.107. The van der Waals surface area contributed by atoms with Crippen LogP contribution in [0.5, 0.6) is 0 Å². The van der Waals surface area contributed by atoms with Crippen molar-refractivity contribution in [1.29, 1.82) is 0 Å². The number of hydrogen-bond acceptors (Lipinski definition) is 6. The molecule has 6 nitrogen and oxygen atoms in total. The van der Waals surface area contributed by atoms with Crippen molar-refractivity contribution in [2.45, 2.75) is 142 Å². The Bertz CT molecular complexity index is 836. The van der Waals surface area contributed by atoms with E-state index < -0.39 is 12.1 Å². The number of allylic oxidation sites excluding steroid dienone is 9. The fraction of sp³-hybridized carbons (Fsp3) is 0.649. The Morgan fingerprint density at radius 3 is 1.40 bits per heavy atom. The predicted molar refractivity (Wildman–Crippen MR) is 178 cm³/mol. The van der Waals surface area contributed by atoms with Crippen LogP contribution >= 0.6 is 0 Å². The van der Waals surface area contributed by atoms with E-state index in [1.807, 2.05) is 6.08 Å².